The molecule has 3 aromatic rings. The lowest BCUT2D eigenvalue weighted by atomic mass is 10.0. The van der Waals surface area contributed by atoms with Crippen LogP contribution in [0.2, 0.25) is 0 Å². The molecule has 43 heavy (non-hydrogen) atoms. The molecule has 0 fully saturated rings. The second-order valence-electron chi connectivity index (χ2n) is 9.98. The van der Waals surface area contributed by atoms with Crippen molar-refractivity contribution in [3.05, 3.63) is 102 Å². The Morgan fingerprint density at radius 3 is 1.56 bits per heavy atom. The number of carbonyl (C=O) groups is 5. The number of carbonyl (C=O) groups excluding carboxylic acids is 3. The molecule has 226 valence electrons. The van der Waals surface area contributed by atoms with Crippen LogP contribution in [0.1, 0.15) is 23.1 Å². The Bertz CT molecular complexity index is 1400. The normalized spacial score (nSPS) is 13.5. The van der Waals surface area contributed by atoms with Crippen LogP contribution >= 0.6 is 0 Å². The molecule has 8 N–H and O–H groups in total. The van der Waals surface area contributed by atoms with Crippen molar-refractivity contribution >= 4 is 29.7 Å². The minimum absolute atomic E-state index is 0.0290. The number of hydrogen-bond donors (Lipinski definition) is 7. The van der Waals surface area contributed by atoms with Gasteiger partial charge in [0.1, 0.15) is 23.9 Å². The van der Waals surface area contributed by atoms with E-state index in [0.29, 0.717) is 11.1 Å². The van der Waals surface area contributed by atoms with E-state index in [0.717, 1.165) is 5.56 Å². The number of rotatable bonds is 15. The number of nitrogens with one attached hydrogen (secondary N) is 3. The van der Waals surface area contributed by atoms with Crippen LogP contribution in [-0.2, 0) is 43.2 Å². The zero-order chi connectivity index (χ0) is 31.4. The summed E-state index contributed by atoms with van der Waals surface area (Å²) < 4.78 is 0. The smallest absolute Gasteiger partial charge is 0.326 e. The highest BCUT2D eigenvalue weighted by Gasteiger charge is 2.32. The predicted octanol–water partition coefficient (Wildman–Crippen LogP) is 0.761. The monoisotopic (exact) mass is 590 g/mol. The van der Waals surface area contributed by atoms with Crippen molar-refractivity contribution in [3.63, 3.8) is 0 Å². The van der Waals surface area contributed by atoms with E-state index in [9.17, 15) is 39.3 Å². The van der Waals surface area contributed by atoms with Crippen molar-refractivity contribution in [3.8, 4) is 5.75 Å². The molecule has 4 atom stereocenters. The summed E-state index contributed by atoms with van der Waals surface area (Å²) in [5.41, 5.74) is 7.94. The molecule has 0 radical (unpaired) electrons. The van der Waals surface area contributed by atoms with Gasteiger partial charge in [-0.05, 0) is 35.2 Å². The number of amides is 3. The molecule has 0 spiro atoms. The summed E-state index contributed by atoms with van der Waals surface area (Å²) in [6, 6.07) is 17.9. The number of hydrogen-bond acceptors (Lipinski definition) is 7. The molecule has 0 saturated carbocycles. The zero-order valence-electron chi connectivity index (χ0n) is 23.2. The Balaban J connectivity index is 1.78. The molecule has 3 aromatic carbocycles. The van der Waals surface area contributed by atoms with Crippen molar-refractivity contribution in [1.29, 1.82) is 0 Å². The van der Waals surface area contributed by atoms with Gasteiger partial charge in [0, 0.05) is 12.8 Å². The summed E-state index contributed by atoms with van der Waals surface area (Å²) in [7, 11) is 0. The van der Waals surface area contributed by atoms with Crippen molar-refractivity contribution < 1.29 is 39.3 Å². The Kier molecular flexibility index (Phi) is 11.8. The highest BCUT2D eigenvalue weighted by Crippen LogP contribution is 2.13. The Hall–Kier alpha value is -5.23. The van der Waals surface area contributed by atoms with E-state index in [-0.39, 0.29) is 25.0 Å². The number of phenolic OH excluding ortho intramolecular Hbond substituents is 1. The summed E-state index contributed by atoms with van der Waals surface area (Å²) in [5.74, 6) is -5.29. The standard InChI is InChI=1S/C31H34N4O8/c32-23(15-19-7-3-1-4-8-19)28(39)33-25(18-27(37)38)30(41)34-24(16-21-11-13-22(36)14-12-21)29(40)35-26(31(42)43)17-20-9-5-2-6-10-20/h1-14,23-26,36H,15-18,32H2,(H,33,39)(H,34,41)(H,35,40)(H,37,38)(H,42,43). The van der Waals surface area contributed by atoms with Crippen LogP contribution in [0.15, 0.2) is 84.9 Å². The predicted molar refractivity (Wildman–Crippen MR) is 156 cm³/mol. The lowest BCUT2D eigenvalue weighted by Crippen LogP contribution is -2.58. The van der Waals surface area contributed by atoms with E-state index in [1.807, 2.05) is 0 Å². The second kappa shape index (κ2) is 15.7. The number of benzene rings is 3. The minimum atomic E-state index is -1.58. The lowest BCUT2D eigenvalue weighted by molar-refractivity contribution is -0.143. The maximum absolute atomic E-state index is 13.4. The molecule has 12 heteroatoms. The fraction of sp³-hybridized carbons (Fsp3) is 0.258. The lowest BCUT2D eigenvalue weighted by Gasteiger charge is -2.25. The number of carboxylic acid groups (broad SMARTS) is 2. The first-order valence-electron chi connectivity index (χ1n) is 13.5. The third-order valence-electron chi connectivity index (χ3n) is 6.55. The Morgan fingerprint density at radius 1 is 0.581 bits per heavy atom. The molecule has 0 aliphatic rings. The molecular weight excluding hydrogens is 556 g/mol. The van der Waals surface area contributed by atoms with Gasteiger partial charge < -0.3 is 37.0 Å². The van der Waals surface area contributed by atoms with Crippen LogP contribution in [-0.4, -0.2) is 69.1 Å². The molecule has 3 amide bonds. The first-order chi connectivity index (χ1) is 20.5. The zero-order valence-corrected chi connectivity index (χ0v) is 23.2. The maximum Gasteiger partial charge on any atom is 0.326 e. The summed E-state index contributed by atoms with van der Waals surface area (Å²) >= 11 is 0. The van der Waals surface area contributed by atoms with E-state index in [2.05, 4.69) is 16.0 Å². The number of phenols is 1. The molecule has 12 nitrogen and oxygen atoms in total. The average Bonchev–Trinajstić information content (AvgIpc) is 2.97. The SMILES string of the molecule is NC(Cc1ccccc1)C(=O)NC(CC(=O)O)C(=O)NC(Cc1ccc(O)cc1)C(=O)NC(Cc1ccccc1)C(=O)O. The number of aliphatic carboxylic acids is 2. The highest BCUT2D eigenvalue weighted by atomic mass is 16.4. The number of carboxylic acids is 2. The molecule has 3 rings (SSSR count). The molecule has 0 saturated heterocycles. The third-order valence-corrected chi connectivity index (χ3v) is 6.55. The molecule has 0 bridgehead atoms. The second-order valence-corrected chi connectivity index (χ2v) is 9.98. The fourth-order valence-electron chi connectivity index (χ4n) is 4.29. The van der Waals surface area contributed by atoms with Gasteiger partial charge in [-0.3, -0.25) is 19.2 Å². The van der Waals surface area contributed by atoms with Gasteiger partial charge in [-0.15, -0.1) is 0 Å². The molecule has 0 heterocycles. The van der Waals surface area contributed by atoms with Gasteiger partial charge in [0.2, 0.25) is 17.7 Å². The third kappa shape index (κ3) is 10.6. The van der Waals surface area contributed by atoms with Crippen LogP contribution in [0.5, 0.6) is 5.75 Å². The van der Waals surface area contributed by atoms with Crippen LogP contribution < -0.4 is 21.7 Å². The van der Waals surface area contributed by atoms with Crippen LogP contribution in [0.3, 0.4) is 0 Å². The Labute approximate surface area is 247 Å². The van der Waals surface area contributed by atoms with E-state index in [1.165, 1.54) is 24.3 Å². The first kappa shape index (κ1) is 32.3. The maximum atomic E-state index is 13.4. The van der Waals surface area contributed by atoms with Crippen LogP contribution in [0.25, 0.3) is 0 Å². The summed E-state index contributed by atoms with van der Waals surface area (Å²) in [5, 5.41) is 36.1. The van der Waals surface area contributed by atoms with Crippen molar-refractivity contribution in [2.75, 3.05) is 0 Å². The molecule has 0 aliphatic carbocycles. The number of aromatic hydroxyl groups is 1. The van der Waals surface area contributed by atoms with E-state index >= 15 is 0 Å². The van der Waals surface area contributed by atoms with Crippen molar-refractivity contribution in [2.45, 2.75) is 49.9 Å². The first-order valence-corrected chi connectivity index (χ1v) is 13.5. The molecule has 0 aromatic heterocycles. The van der Waals surface area contributed by atoms with Gasteiger partial charge in [-0.1, -0.05) is 72.8 Å². The van der Waals surface area contributed by atoms with E-state index < -0.39 is 60.2 Å². The van der Waals surface area contributed by atoms with E-state index in [1.54, 1.807) is 60.7 Å². The average molecular weight is 591 g/mol. The van der Waals surface area contributed by atoms with Gasteiger partial charge in [-0.25, -0.2) is 4.79 Å². The van der Waals surface area contributed by atoms with E-state index in [4.69, 9.17) is 5.73 Å². The molecular formula is C31H34N4O8. The Morgan fingerprint density at radius 2 is 1.02 bits per heavy atom. The summed E-state index contributed by atoms with van der Waals surface area (Å²) in [6.45, 7) is 0. The quantitative estimate of drug-likeness (QED) is 0.133. The van der Waals surface area contributed by atoms with Gasteiger partial charge in [0.05, 0.1) is 12.5 Å². The van der Waals surface area contributed by atoms with Crippen molar-refractivity contribution in [2.24, 2.45) is 5.73 Å². The van der Waals surface area contributed by atoms with Gasteiger partial charge in [-0.2, -0.15) is 0 Å². The topological polar surface area (TPSA) is 208 Å². The van der Waals surface area contributed by atoms with Crippen LogP contribution in [0.4, 0.5) is 0 Å². The highest BCUT2D eigenvalue weighted by molar-refractivity contribution is 5.95. The molecule has 4 unspecified atom stereocenters. The van der Waals surface area contributed by atoms with Crippen LogP contribution in [0, 0.1) is 0 Å². The van der Waals surface area contributed by atoms with Gasteiger partial charge >= 0.3 is 11.9 Å². The van der Waals surface area contributed by atoms with Crippen molar-refractivity contribution in [1.82, 2.24) is 16.0 Å². The molecule has 0 aliphatic heterocycles. The number of nitrogens with two attached hydrogens (primary N) is 1. The summed E-state index contributed by atoms with van der Waals surface area (Å²) in [6.07, 6.45) is -0.817. The summed E-state index contributed by atoms with van der Waals surface area (Å²) in [4.78, 5) is 63.0. The van der Waals surface area contributed by atoms with Gasteiger partial charge in [0.15, 0.2) is 0 Å². The minimum Gasteiger partial charge on any atom is -0.508 e. The fourth-order valence-corrected chi connectivity index (χ4v) is 4.29. The largest absolute Gasteiger partial charge is 0.508 e. The van der Waals surface area contributed by atoms with Gasteiger partial charge in [0.25, 0.3) is 0 Å².